The van der Waals surface area contributed by atoms with Gasteiger partial charge in [0.15, 0.2) is 15.2 Å². The normalized spacial score (nSPS) is 11.6. The minimum absolute atomic E-state index is 0.270. The number of nitrogens with one attached hydrogen (secondary N) is 2. The highest BCUT2D eigenvalue weighted by molar-refractivity contribution is 7.98. The molecular weight excluding hydrogens is 935 g/mol. The predicted molar refractivity (Wildman–Crippen MR) is 272 cm³/mol. The molecule has 3 aromatic carbocycles. The van der Waals surface area contributed by atoms with Crippen molar-refractivity contribution in [1.82, 2.24) is 23.7 Å². The van der Waals surface area contributed by atoms with E-state index >= 15 is 0 Å². The lowest BCUT2D eigenvalue weighted by Gasteiger charge is -2.25. The minimum Gasteiger partial charge on any atom is -0.495 e. The highest BCUT2D eigenvalue weighted by atomic mass is 32.2. The van der Waals surface area contributed by atoms with Gasteiger partial charge in [-0.3, -0.25) is 0 Å². The molecule has 8 rings (SSSR count). The molecule has 0 spiro atoms. The van der Waals surface area contributed by atoms with Gasteiger partial charge in [-0.15, -0.1) is 43.1 Å². The van der Waals surface area contributed by atoms with Crippen molar-refractivity contribution in [1.29, 1.82) is 0 Å². The lowest BCUT2D eigenvalue weighted by Crippen LogP contribution is -2.22. The van der Waals surface area contributed by atoms with Crippen LogP contribution in [0.5, 0.6) is 23.0 Å². The van der Waals surface area contributed by atoms with Gasteiger partial charge in [0.25, 0.3) is 0 Å². The van der Waals surface area contributed by atoms with Crippen molar-refractivity contribution in [3.63, 3.8) is 0 Å². The molecule has 0 fully saturated rings. The standard InChI is InChI=1S/C44H47N13O4S5/c1-9-56(10-2)30-18-26(28(20-32(30)58-5)50-52-38-36-34(60-7)23-62-40(36)54-65-38)45-42-47-43(49-44(48-42)64-22-25-16-14-13-15-17-25)46-27-19-31(57(11-3)12-4)33(59-6)21-29(27)51-53-39-37-35(61-8)24-63-41(37)55-66-39/h13-21,23-24H,9-12,22H2,1-8H3,(H2,45,46,47,48,49)/b52-50+,53-51+. The number of rotatable bonds is 21. The molecule has 2 N–H and O–H groups in total. The molecule has 22 heteroatoms. The summed E-state index contributed by atoms with van der Waals surface area (Å²) in [7, 11) is 6.56. The van der Waals surface area contributed by atoms with Crippen LogP contribution in [0.15, 0.2) is 91.0 Å². The van der Waals surface area contributed by atoms with Crippen molar-refractivity contribution in [2.75, 3.05) is 75.1 Å². The van der Waals surface area contributed by atoms with Gasteiger partial charge in [0.05, 0.1) is 62.0 Å². The van der Waals surface area contributed by atoms with Crippen molar-refractivity contribution in [2.45, 2.75) is 38.6 Å². The van der Waals surface area contributed by atoms with E-state index < -0.39 is 0 Å². The summed E-state index contributed by atoms with van der Waals surface area (Å²) in [5.74, 6) is 3.84. The van der Waals surface area contributed by atoms with E-state index in [4.69, 9.17) is 54.4 Å². The molecule has 5 heterocycles. The third-order valence-corrected chi connectivity index (χ3v) is 14.7. The summed E-state index contributed by atoms with van der Waals surface area (Å²) < 4.78 is 32.3. The van der Waals surface area contributed by atoms with Gasteiger partial charge in [-0.05, 0) is 68.5 Å². The number of thioether (sulfide) groups is 1. The van der Waals surface area contributed by atoms with E-state index in [9.17, 15) is 0 Å². The van der Waals surface area contributed by atoms with E-state index in [1.807, 2.05) is 53.2 Å². The van der Waals surface area contributed by atoms with E-state index in [1.54, 1.807) is 28.4 Å². The SMILES string of the molecule is CCN(CC)c1cc(Nc2nc(Nc3cc(N(CC)CC)c(OC)cc3/N=N/c3snc4scc(OC)c34)nc(SCc3ccccc3)n2)c(/N=N/c2snc3scc(OC)c23)cc1OC. The molecule has 0 aliphatic rings. The Bertz CT molecular complexity index is 2810. The topological polar surface area (TPSA) is 181 Å². The molecule has 5 aromatic heterocycles. The van der Waals surface area contributed by atoms with Crippen LogP contribution in [0.2, 0.25) is 0 Å². The summed E-state index contributed by atoms with van der Waals surface area (Å²) in [6.45, 7) is 11.4. The maximum atomic E-state index is 5.94. The van der Waals surface area contributed by atoms with Crippen LogP contribution >= 0.6 is 57.5 Å². The first kappa shape index (κ1) is 46.3. The molecule has 0 bridgehead atoms. The number of hydrogen-bond acceptors (Lipinski definition) is 22. The molecule has 0 saturated carbocycles. The molecule has 8 aromatic rings. The molecule has 0 aliphatic heterocycles. The van der Waals surface area contributed by atoms with Gasteiger partial charge in [-0.1, -0.05) is 42.1 Å². The molecule has 0 atom stereocenters. The van der Waals surface area contributed by atoms with Crippen LogP contribution in [0.1, 0.15) is 33.3 Å². The number of anilines is 6. The summed E-state index contributed by atoms with van der Waals surface area (Å²) in [6, 6.07) is 17.9. The molecule has 17 nitrogen and oxygen atoms in total. The molecular formula is C44H47N13O4S5. The Labute approximate surface area is 402 Å². The molecule has 0 aliphatic carbocycles. The van der Waals surface area contributed by atoms with Gasteiger partial charge in [0.2, 0.25) is 11.9 Å². The van der Waals surface area contributed by atoms with Crippen LogP contribution in [0.3, 0.4) is 0 Å². The number of nitrogens with zero attached hydrogens (tertiary/aromatic N) is 11. The van der Waals surface area contributed by atoms with E-state index in [2.05, 4.69) is 69.0 Å². The third kappa shape index (κ3) is 9.96. The van der Waals surface area contributed by atoms with Gasteiger partial charge < -0.3 is 39.4 Å². The number of fused-ring (bicyclic) bond motifs is 2. The lowest BCUT2D eigenvalue weighted by atomic mass is 10.2. The number of thiophene rings is 2. The van der Waals surface area contributed by atoms with E-state index in [0.29, 0.717) is 66.7 Å². The Morgan fingerprint density at radius 1 is 0.576 bits per heavy atom. The highest BCUT2D eigenvalue weighted by Gasteiger charge is 2.21. The first-order chi connectivity index (χ1) is 32.3. The van der Waals surface area contributed by atoms with Gasteiger partial charge in [0.1, 0.15) is 44.0 Å². The van der Waals surface area contributed by atoms with Crippen LogP contribution in [0.25, 0.3) is 20.4 Å². The number of aromatic nitrogens is 5. The quantitative estimate of drug-likeness (QED) is 0.0512. The van der Waals surface area contributed by atoms with Crippen molar-refractivity contribution in [2.24, 2.45) is 20.5 Å². The zero-order chi connectivity index (χ0) is 46.2. The molecule has 342 valence electrons. The number of ether oxygens (including phenoxy) is 4. The molecule has 0 saturated heterocycles. The first-order valence-electron chi connectivity index (χ1n) is 20.9. The fourth-order valence-corrected chi connectivity index (χ4v) is 11.3. The van der Waals surface area contributed by atoms with Crippen molar-refractivity contribution in [3.8, 4) is 23.0 Å². The summed E-state index contributed by atoms with van der Waals surface area (Å²) >= 11 is 7.00. The highest BCUT2D eigenvalue weighted by Crippen LogP contribution is 2.46. The summed E-state index contributed by atoms with van der Waals surface area (Å²) in [4.78, 5) is 20.9. The fraction of sp³-hybridized carbons (Fsp3) is 0.295. The van der Waals surface area contributed by atoms with E-state index in [1.165, 1.54) is 57.5 Å². The lowest BCUT2D eigenvalue weighted by molar-refractivity contribution is 0.414. The zero-order valence-corrected chi connectivity index (χ0v) is 41.6. The van der Waals surface area contributed by atoms with Gasteiger partial charge in [0, 0.05) is 54.8 Å². The van der Waals surface area contributed by atoms with Crippen LogP contribution in [0.4, 0.5) is 56.0 Å². The number of methoxy groups -OCH3 is 4. The Balaban J connectivity index is 1.24. The number of hydrogen-bond donors (Lipinski definition) is 2. The number of benzene rings is 3. The van der Waals surface area contributed by atoms with E-state index in [-0.39, 0.29) is 11.9 Å². The minimum atomic E-state index is 0.270. The largest absolute Gasteiger partial charge is 0.495 e. The van der Waals surface area contributed by atoms with Gasteiger partial charge >= 0.3 is 0 Å². The third-order valence-electron chi connectivity index (χ3n) is 10.4. The second-order valence-corrected chi connectivity index (χ2v) is 18.2. The van der Waals surface area contributed by atoms with Crippen LogP contribution in [-0.2, 0) is 5.75 Å². The van der Waals surface area contributed by atoms with Crippen molar-refractivity contribution in [3.05, 3.63) is 70.9 Å². The van der Waals surface area contributed by atoms with E-state index in [0.717, 1.165) is 63.6 Å². The van der Waals surface area contributed by atoms with Crippen LogP contribution in [0, 0.1) is 0 Å². The Kier molecular flexibility index (Phi) is 15.0. The molecule has 0 amide bonds. The summed E-state index contributed by atoms with van der Waals surface area (Å²) in [5, 5.41) is 33.1. The first-order valence-corrected chi connectivity index (χ1v) is 25.2. The molecule has 66 heavy (non-hydrogen) atoms. The monoisotopic (exact) mass is 981 g/mol. The average Bonchev–Trinajstić information content (AvgIpc) is 4.15. The van der Waals surface area contributed by atoms with Crippen LogP contribution in [-0.4, -0.2) is 78.3 Å². The van der Waals surface area contributed by atoms with Crippen LogP contribution < -0.4 is 39.4 Å². The smallest absolute Gasteiger partial charge is 0.233 e. The van der Waals surface area contributed by atoms with Gasteiger partial charge in [-0.2, -0.15) is 23.7 Å². The fourth-order valence-electron chi connectivity index (χ4n) is 7.02. The Hall–Kier alpha value is -6.20. The second-order valence-electron chi connectivity index (χ2n) is 14.1. The second kappa shape index (κ2) is 21.4. The Morgan fingerprint density at radius 2 is 1.03 bits per heavy atom. The van der Waals surface area contributed by atoms with Gasteiger partial charge in [-0.25, -0.2) is 0 Å². The predicted octanol–water partition coefficient (Wildman–Crippen LogP) is 13.6. The molecule has 0 radical (unpaired) electrons. The maximum Gasteiger partial charge on any atom is 0.233 e. The Morgan fingerprint density at radius 3 is 1.45 bits per heavy atom. The van der Waals surface area contributed by atoms with Crippen molar-refractivity contribution >= 4 is 134 Å². The summed E-state index contributed by atoms with van der Waals surface area (Å²) in [5.41, 5.74) is 5.03. The molecule has 0 unspecified atom stereocenters. The average molecular weight is 982 g/mol. The maximum absolute atomic E-state index is 5.94. The number of azo groups is 2. The van der Waals surface area contributed by atoms with Crippen molar-refractivity contribution < 1.29 is 18.9 Å². The zero-order valence-electron chi connectivity index (χ0n) is 37.5. The summed E-state index contributed by atoms with van der Waals surface area (Å²) in [6.07, 6.45) is 0.